The molecule has 0 bridgehead atoms. The standard InChI is InChI=1S/C24H30N4O4.HI/c1-4-25-24(27-17-12-13-20(32-5-2)21(16-17)31-3)26-14-8-9-15-28-22(29)18-10-6-7-11-19(18)23(28)30;/h6-7,10-13,16H,4-5,8-9,14-15H2,1-3H3,(H2,25,26,27);1H. The first-order chi connectivity index (χ1) is 15.6. The zero-order valence-electron chi connectivity index (χ0n) is 19.2. The molecule has 2 aromatic carbocycles. The zero-order chi connectivity index (χ0) is 22.9. The molecular formula is C24H31IN4O4. The summed E-state index contributed by atoms with van der Waals surface area (Å²) in [6, 6.07) is 12.6. The summed E-state index contributed by atoms with van der Waals surface area (Å²) >= 11 is 0. The van der Waals surface area contributed by atoms with Crippen molar-refractivity contribution in [3.8, 4) is 11.5 Å². The highest BCUT2D eigenvalue weighted by Crippen LogP contribution is 2.30. The molecule has 8 nitrogen and oxygen atoms in total. The first-order valence-corrected chi connectivity index (χ1v) is 10.9. The normalized spacial score (nSPS) is 12.8. The van der Waals surface area contributed by atoms with E-state index in [1.807, 2.05) is 32.0 Å². The van der Waals surface area contributed by atoms with Crippen LogP contribution in [-0.4, -0.2) is 56.0 Å². The maximum absolute atomic E-state index is 12.4. The van der Waals surface area contributed by atoms with Crippen molar-refractivity contribution in [2.75, 3.05) is 38.7 Å². The molecule has 3 rings (SSSR count). The molecule has 178 valence electrons. The topological polar surface area (TPSA) is 92.3 Å². The molecule has 0 saturated heterocycles. The molecule has 0 saturated carbocycles. The summed E-state index contributed by atoms with van der Waals surface area (Å²) in [6.45, 7) is 6.16. The van der Waals surface area contributed by atoms with E-state index in [2.05, 4.69) is 15.6 Å². The number of fused-ring (bicyclic) bond motifs is 1. The van der Waals surface area contributed by atoms with Gasteiger partial charge in [-0.15, -0.1) is 24.0 Å². The summed E-state index contributed by atoms with van der Waals surface area (Å²) < 4.78 is 11.0. The summed E-state index contributed by atoms with van der Waals surface area (Å²) in [5, 5.41) is 6.48. The molecule has 2 amide bonds. The minimum absolute atomic E-state index is 0. The lowest BCUT2D eigenvalue weighted by Crippen LogP contribution is -2.31. The highest BCUT2D eigenvalue weighted by molar-refractivity contribution is 14.0. The number of nitrogens with one attached hydrogen (secondary N) is 2. The van der Waals surface area contributed by atoms with E-state index in [1.165, 1.54) is 4.90 Å². The number of aliphatic imine (C=N–C) groups is 1. The first-order valence-electron chi connectivity index (χ1n) is 10.9. The van der Waals surface area contributed by atoms with Crippen LogP contribution in [0.2, 0.25) is 0 Å². The molecule has 0 atom stereocenters. The third kappa shape index (κ3) is 6.59. The monoisotopic (exact) mass is 566 g/mol. The molecular weight excluding hydrogens is 535 g/mol. The van der Waals surface area contributed by atoms with E-state index in [-0.39, 0.29) is 35.8 Å². The van der Waals surface area contributed by atoms with Gasteiger partial charge in [0.1, 0.15) is 0 Å². The van der Waals surface area contributed by atoms with Crippen LogP contribution in [0.25, 0.3) is 0 Å². The van der Waals surface area contributed by atoms with Crippen molar-refractivity contribution in [1.29, 1.82) is 0 Å². The molecule has 1 aliphatic heterocycles. The predicted molar refractivity (Wildman–Crippen MR) is 140 cm³/mol. The van der Waals surface area contributed by atoms with E-state index in [1.54, 1.807) is 31.4 Å². The quantitative estimate of drug-likeness (QED) is 0.148. The van der Waals surface area contributed by atoms with Gasteiger partial charge in [0.05, 0.1) is 24.8 Å². The molecule has 0 unspecified atom stereocenters. The van der Waals surface area contributed by atoms with E-state index < -0.39 is 0 Å². The first kappa shape index (κ1) is 26.4. The molecule has 1 heterocycles. The molecule has 1 aliphatic rings. The average Bonchev–Trinajstić information content (AvgIpc) is 3.05. The zero-order valence-corrected chi connectivity index (χ0v) is 21.6. The number of ether oxygens (including phenoxy) is 2. The highest BCUT2D eigenvalue weighted by Gasteiger charge is 2.34. The number of nitrogens with zero attached hydrogens (tertiary/aromatic N) is 2. The number of guanidine groups is 1. The smallest absolute Gasteiger partial charge is 0.261 e. The lowest BCUT2D eigenvalue weighted by molar-refractivity contribution is 0.0652. The Morgan fingerprint density at radius 3 is 2.30 bits per heavy atom. The van der Waals surface area contributed by atoms with Gasteiger partial charge in [-0.05, 0) is 51.0 Å². The second-order valence-corrected chi connectivity index (χ2v) is 7.20. The molecule has 33 heavy (non-hydrogen) atoms. The van der Waals surface area contributed by atoms with Gasteiger partial charge in [-0.3, -0.25) is 19.5 Å². The Kier molecular flexibility index (Phi) is 10.4. The van der Waals surface area contributed by atoms with Gasteiger partial charge < -0.3 is 20.1 Å². The number of benzene rings is 2. The van der Waals surface area contributed by atoms with E-state index in [9.17, 15) is 9.59 Å². The summed E-state index contributed by atoms with van der Waals surface area (Å²) in [5.41, 5.74) is 1.80. The second-order valence-electron chi connectivity index (χ2n) is 7.20. The Labute approximate surface area is 211 Å². The Bertz CT molecular complexity index is 961. The van der Waals surface area contributed by atoms with Crippen LogP contribution in [0.4, 0.5) is 5.69 Å². The molecule has 0 radical (unpaired) electrons. The largest absolute Gasteiger partial charge is 0.493 e. The van der Waals surface area contributed by atoms with Crippen molar-refractivity contribution in [3.05, 3.63) is 53.6 Å². The van der Waals surface area contributed by atoms with Gasteiger partial charge in [0, 0.05) is 31.4 Å². The lowest BCUT2D eigenvalue weighted by atomic mass is 10.1. The van der Waals surface area contributed by atoms with Gasteiger partial charge in [-0.1, -0.05) is 12.1 Å². The third-order valence-electron chi connectivity index (χ3n) is 5.01. The molecule has 0 aromatic heterocycles. The minimum Gasteiger partial charge on any atom is -0.493 e. The fourth-order valence-corrected chi connectivity index (χ4v) is 3.48. The van der Waals surface area contributed by atoms with Crippen LogP contribution in [0.3, 0.4) is 0 Å². The SMILES string of the molecule is CCNC(=NCCCCN1C(=O)c2ccccc2C1=O)Nc1ccc(OCC)c(OC)c1.I. The van der Waals surface area contributed by atoms with Gasteiger partial charge in [-0.2, -0.15) is 0 Å². The molecule has 0 aliphatic carbocycles. The molecule has 0 spiro atoms. The van der Waals surface area contributed by atoms with Crippen LogP contribution < -0.4 is 20.1 Å². The number of methoxy groups -OCH3 is 1. The van der Waals surface area contributed by atoms with Crippen molar-refractivity contribution < 1.29 is 19.1 Å². The van der Waals surface area contributed by atoms with Crippen LogP contribution >= 0.6 is 24.0 Å². The number of hydrogen-bond donors (Lipinski definition) is 2. The summed E-state index contributed by atoms with van der Waals surface area (Å²) in [7, 11) is 1.61. The van der Waals surface area contributed by atoms with Crippen molar-refractivity contribution in [1.82, 2.24) is 10.2 Å². The number of hydrogen-bond acceptors (Lipinski definition) is 5. The number of carbonyl (C=O) groups is 2. The minimum atomic E-state index is -0.214. The lowest BCUT2D eigenvalue weighted by Gasteiger charge is -2.15. The van der Waals surface area contributed by atoms with Gasteiger partial charge in [0.2, 0.25) is 0 Å². The number of amides is 2. The number of carbonyl (C=O) groups excluding carboxylic acids is 2. The summed E-state index contributed by atoms with van der Waals surface area (Å²) in [5.74, 6) is 1.56. The second kappa shape index (κ2) is 13.0. The van der Waals surface area contributed by atoms with Crippen molar-refractivity contribution in [2.45, 2.75) is 26.7 Å². The maximum Gasteiger partial charge on any atom is 0.261 e. The molecule has 2 aromatic rings. The number of imide groups is 1. The third-order valence-corrected chi connectivity index (χ3v) is 5.01. The number of rotatable bonds is 10. The van der Waals surface area contributed by atoms with Crippen LogP contribution in [0.5, 0.6) is 11.5 Å². The fourth-order valence-electron chi connectivity index (χ4n) is 3.48. The van der Waals surface area contributed by atoms with E-state index in [4.69, 9.17) is 9.47 Å². The van der Waals surface area contributed by atoms with Gasteiger partial charge >= 0.3 is 0 Å². The highest BCUT2D eigenvalue weighted by atomic mass is 127. The Morgan fingerprint density at radius 1 is 1.00 bits per heavy atom. The summed E-state index contributed by atoms with van der Waals surface area (Å²) in [6.07, 6.45) is 1.43. The van der Waals surface area contributed by atoms with Crippen LogP contribution in [0, 0.1) is 0 Å². The van der Waals surface area contributed by atoms with Crippen molar-refractivity contribution in [3.63, 3.8) is 0 Å². The van der Waals surface area contributed by atoms with E-state index in [0.29, 0.717) is 54.7 Å². The number of unbranched alkanes of at least 4 members (excludes halogenated alkanes) is 1. The van der Waals surface area contributed by atoms with Gasteiger partial charge in [-0.25, -0.2) is 0 Å². The molecule has 2 N–H and O–H groups in total. The van der Waals surface area contributed by atoms with Crippen molar-refractivity contribution in [2.24, 2.45) is 4.99 Å². The fraction of sp³-hybridized carbons (Fsp3) is 0.375. The van der Waals surface area contributed by atoms with Crippen molar-refractivity contribution >= 4 is 47.4 Å². The summed E-state index contributed by atoms with van der Waals surface area (Å²) in [4.78, 5) is 30.8. The van der Waals surface area contributed by atoms with Crippen LogP contribution in [0.1, 0.15) is 47.4 Å². The van der Waals surface area contributed by atoms with Gasteiger partial charge in [0.25, 0.3) is 11.8 Å². The Morgan fingerprint density at radius 2 is 1.70 bits per heavy atom. The molecule has 0 fully saturated rings. The van der Waals surface area contributed by atoms with E-state index >= 15 is 0 Å². The maximum atomic E-state index is 12.4. The molecule has 9 heteroatoms. The van der Waals surface area contributed by atoms with E-state index in [0.717, 1.165) is 18.7 Å². The Balaban J connectivity index is 0.00000385. The van der Waals surface area contributed by atoms with Gasteiger partial charge in [0.15, 0.2) is 17.5 Å². The predicted octanol–water partition coefficient (Wildman–Crippen LogP) is 4.17. The number of anilines is 1. The number of halogens is 1. The van der Waals surface area contributed by atoms with Crippen LogP contribution in [-0.2, 0) is 0 Å². The average molecular weight is 566 g/mol. The Hall–Kier alpha value is -2.82. The van der Waals surface area contributed by atoms with Crippen LogP contribution in [0.15, 0.2) is 47.5 Å².